The van der Waals surface area contributed by atoms with E-state index in [1.807, 2.05) is 0 Å². The molecule has 308 valence electrons. The zero-order valence-electron chi connectivity index (χ0n) is 28.8. The predicted octanol–water partition coefficient (Wildman–Crippen LogP) is 4.03. The summed E-state index contributed by atoms with van der Waals surface area (Å²) in [5.74, 6) is 0. The Hall–Kier alpha value is -2.45. The molecule has 0 bridgehead atoms. The zero-order chi connectivity index (χ0) is 42.4. The molecule has 21 nitrogen and oxygen atoms in total. The van der Waals surface area contributed by atoms with E-state index in [0.717, 1.165) is 12.1 Å². The van der Waals surface area contributed by atoms with E-state index in [1.165, 1.54) is 72.8 Å². The average molecular weight is 967 g/mol. The third-order valence-electron chi connectivity index (χ3n) is 8.08. The molecule has 0 spiro atoms. The number of nitrogens with zero attached hydrogens (tertiary/aromatic N) is 4. The van der Waals surface area contributed by atoms with E-state index in [2.05, 4.69) is 31.1 Å². The topological polar surface area (TPSA) is 360 Å². The number of azo groups is 2. The number of fused-ring (bicyclic) bond motifs is 2. The Kier molecular flexibility index (Phi) is 19.5. The van der Waals surface area contributed by atoms with Crippen molar-refractivity contribution < 1.29 is 56.7 Å². The van der Waals surface area contributed by atoms with Crippen molar-refractivity contribution >= 4 is 232 Å². The molecular formula is C33H30N8Na4O13S4. The first kappa shape index (κ1) is 55.7. The number of urea groups is 1. The van der Waals surface area contributed by atoms with Gasteiger partial charge in [-0.3, -0.25) is 18.2 Å². The second kappa shape index (κ2) is 21.7. The Morgan fingerprint density at radius 3 is 1.05 bits per heavy atom. The van der Waals surface area contributed by atoms with E-state index >= 15 is 0 Å². The first-order valence-electron chi connectivity index (χ1n) is 15.7. The van der Waals surface area contributed by atoms with Crippen LogP contribution in [0.3, 0.4) is 0 Å². The molecule has 0 saturated heterocycles. The fourth-order valence-corrected chi connectivity index (χ4v) is 8.11. The van der Waals surface area contributed by atoms with Crippen LogP contribution in [0.1, 0.15) is 0 Å². The van der Waals surface area contributed by atoms with Crippen LogP contribution in [0.2, 0.25) is 0 Å². The van der Waals surface area contributed by atoms with Crippen LogP contribution < -0.4 is 22.1 Å². The second-order valence-corrected chi connectivity index (χ2v) is 17.6. The number of carbonyl (C=O) groups excluding carboxylic acids is 1. The van der Waals surface area contributed by atoms with Gasteiger partial charge in [0.2, 0.25) is 0 Å². The molecule has 6 aromatic rings. The second-order valence-electron chi connectivity index (χ2n) is 12.0. The number of nitrogen functional groups attached to an aromatic ring is 2. The van der Waals surface area contributed by atoms with Crippen molar-refractivity contribution in [2.45, 2.75) is 19.6 Å². The molecule has 0 saturated carbocycles. The molecule has 0 aliphatic rings. The summed E-state index contributed by atoms with van der Waals surface area (Å²) in [6, 6.07) is 19.0. The number of hydrogen-bond donors (Lipinski definition) is 8. The number of hydrogen-bond acceptors (Lipinski definition) is 15. The van der Waals surface area contributed by atoms with Gasteiger partial charge in [-0.05, 0) is 84.9 Å². The molecule has 0 heterocycles. The van der Waals surface area contributed by atoms with Gasteiger partial charge in [0.15, 0.2) is 0 Å². The summed E-state index contributed by atoms with van der Waals surface area (Å²) < 4.78 is 134. The molecule has 0 radical (unpaired) electrons. The third-order valence-corrected chi connectivity index (χ3v) is 11.5. The normalized spacial score (nSPS) is 11.9. The number of amides is 2. The molecule has 2 amide bonds. The van der Waals surface area contributed by atoms with Crippen molar-refractivity contribution in [2.24, 2.45) is 20.5 Å². The van der Waals surface area contributed by atoms with Gasteiger partial charge < -0.3 is 22.1 Å². The van der Waals surface area contributed by atoms with Crippen molar-refractivity contribution in [2.75, 3.05) is 22.1 Å². The van der Waals surface area contributed by atoms with E-state index in [0.29, 0.717) is 23.5 Å². The maximum atomic E-state index is 12.7. The molecule has 6 aromatic carbocycles. The maximum absolute atomic E-state index is 12.7. The first-order chi connectivity index (χ1) is 27.0. The minimum absolute atomic E-state index is 0. The van der Waals surface area contributed by atoms with Crippen LogP contribution in [0.4, 0.5) is 50.3 Å². The van der Waals surface area contributed by atoms with Crippen LogP contribution in [-0.4, -0.2) is 176 Å². The van der Waals surface area contributed by atoms with Crippen molar-refractivity contribution in [3.8, 4) is 0 Å². The van der Waals surface area contributed by atoms with Crippen molar-refractivity contribution in [1.29, 1.82) is 0 Å². The number of rotatable bonds is 10. The Labute approximate surface area is 441 Å². The monoisotopic (exact) mass is 966 g/mol. The quantitative estimate of drug-likeness (QED) is 0.0416. The van der Waals surface area contributed by atoms with Gasteiger partial charge in [-0.25, -0.2) is 4.79 Å². The molecule has 0 aromatic heterocycles. The summed E-state index contributed by atoms with van der Waals surface area (Å²) in [7, 11) is -19.8. The van der Waals surface area contributed by atoms with Gasteiger partial charge in [0, 0.05) is 32.9 Å². The Balaban J connectivity index is 0.00000331. The summed E-state index contributed by atoms with van der Waals surface area (Å²) in [6.07, 6.45) is 0. The van der Waals surface area contributed by atoms with Crippen LogP contribution in [0.5, 0.6) is 0 Å². The molecule has 6 rings (SSSR count). The van der Waals surface area contributed by atoms with E-state index in [1.54, 1.807) is 0 Å². The van der Waals surface area contributed by atoms with Crippen LogP contribution in [-0.2, 0) is 40.5 Å². The Morgan fingerprint density at radius 1 is 0.435 bits per heavy atom. The van der Waals surface area contributed by atoms with E-state index in [-0.39, 0.29) is 174 Å². The number of nitrogens with two attached hydrogens (primary N) is 2. The van der Waals surface area contributed by atoms with Gasteiger partial charge >= 0.3 is 124 Å². The third kappa shape index (κ3) is 13.3. The van der Waals surface area contributed by atoms with Gasteiger partial charge in [-0.1, -0.05) is 12.1 Å². The van der Waals surface area contributed by atoms with Crippen molar-refractivity contribution in [1.82, 2.24) is 0 Å². The fraction of sp³-hybridized carbons (Fsp3) is 0. The summed E-state index contributed by atoms with van der Waals surface area (Å²) in [4.78, 5) is 9.41. The molecule has 62 heavy (non-hydrogen) atoms. The summed E-state index contributed by atoms with van der Waals surface area (Å²) >= 11 is 0. The number of nitrogens with one attached hydrogen (secondary N) is 2. The summed E-state index contributed by atoms with van der Waals surface area (Å²) in [5, 5.41) is 20.8. The minimum atomic E-state index is -4.96. The van der Waals surface area contributed by atoms with Gasteiger partial charge in [0.05, 0.1) is 32.5 Å². The molecular weight excluding hydrogens is 937 g/mol. The predicted molar refractivity (Wildman–Crippen MR) is 238 cm³/mol. The number of benzene rings is 6. The average Bonchev–Trinajstić information content (AvgIpc) is 3.12. The Morgan fingerprint density at radius 2 is 0.758 bits per heavy atom. The molecule has 29 heteroatoms. The van der Waals surface area contributed by atoms with Crippen molar-refractivity contribution in [3.05, 3.63) is 97.1 Å². The van der Waals surface area contributed by atoms with Gasteiger partial charge in [-0.15, -0.1) is 10.2 Å². The van der Waals surface area contributed by atoms with E-state index in [4.69, 9.17) is 11.5 Å². The standard InChI is InChI=1S/C33H26N8O13S4.4Na.4H/c34-27-11-9-23-25(13-21(55(43,44)45)15-29(23)57(49,50)51)31(27)40-38-19-5-1-17(2-6-19)36-33(42)37-18-3-7-20(8-4-18)39-41-32-26-14-22(56(46,47)48)16-30(58(52,53)54)24(26)10-12-28(32)35;;;;;;;;/h1-16H,34-35H2,(H2,36,37,42)(H,43,44,45)(H,46,47,48)(H,49,50,51)(H,52,53,54);;;;;;;;/b40-38+,41-39+;;;;;;;;. The fourth-order valence-electron chi connectivity index (χ4n) is 5.43. The summed E-state index contributed by atoms with van der Waals surface area (Å²) in [6.45, 7) is 0. The first-order valence-corrected chi connectivity index (χ1v) is 21.5. The number of carbonyl (C=O) groups is 1. The zero-order valence-corrected chi connectivity index (χ0v) is 32.0. The van der Waals surface area contributed by atoms with Crippen LogP contribution in [0.25, 0.3) is 21.5 Å². The summed E-state index contributed by atoms with van der Waals surface area (Å²) in [5.41, 5.74) is 12.7. The molecule has 10 N–H and O–H groups in total. The molecule has 0 atom stereocenters. The Bertz CT molecular complexity index is 3000. The molecule has 0 aliphatic carbocycles. The van der Waals surface area contributed by atoms with Gasteiger partial charge in [-0.2, -0.15) is 43.9 Å². The van der Waals surface area contributed by atoms with Crippen molar-refractivity contribution in [3.63, 3.8) is 0 Å². The molecule has 0 unspecified atom stereocenters. The van der Waals surface area contributed by atoms with E-state index < -0.39 is 66.1 Å². The van der Waals surface area contributed by atoms with Gasteiger partial charge in [0.25, 0.3) is 40.5 Å². The van der Waals surface area contributed by atoms with Crippen LogP contribution in [0, 0.1) is 0 Å². The number of anilines is 4. The molecule has 0 aliphatic heterocycles. The van der Waals surface area contributed by atoms with Gasteiger partial charge in [0.1, 0.15) is 21.2 Å². The van der Waals surface area contributed by atoms with E-state index in [9.17, 15) is 56.7 Å². The van der Waals surface area contributed by atoms with Crippen LogP contribution >= 0.6 is 0 Å². The SMILES string of the molecule is Nc1ccc2c(S(=O)(=O)O)cc(S(=O)(=O)O)cc2c1/N=N/c1ccc(NC(=O)Nc2ccc(/N=N/c3c(N)ccc4c(S(=O)(=O)O)cc(S(=O)(=O)O)cc34)cc2)cc1.[NaH].[NaH].[NaH].[NaH]. The van der Waals surface area contributed by atoms with Crippen LogP contribution in [0.15, 0.2) is 137 Å². The molecule has 0 fully saturated rings.